The number of rotatable bonds is 3. The Morgan fingerprint density at radius 3 is 2.42 bits per heavy atom. The van der Waals surface area contributed by atoms with Crippen molar-refractivity contribution in [3.8, 4) is 5.75 Å². The van der Waals surface area contributed by atoms with Crippen LogP contribution in [0.5, 0.6) is 5.75 Å². The highest BCUT2D eigenvalue weighted by molar-refractivity contribution is 7.92. The molecule has 1 aromatic rings. The Morgan fingerprint density at radius 1 is 1.31 bits per heavy atom. The van der Waals surface area contributed by atoms with E-state index in [9.17, 15) is 21.6 Å². The van der Waals surface area contributed by atoms with E-state index < -0.39 is 20.9 Å². The molecular weight excluding hydrogens is 371 g/mol. The Labute approximate surface area is 151 Å². The van der Waals surface area contributed by atoms with E-state index in [0.29, 0.717) is 25.6 Å². The number of nitrogens with zero attached hydrogens (tertiary/aromatic N) is 2. The van der Waals surface area contributed by atoms with Crippen molar-refractivity contribution < 1.29 is 26.3 Å². The number of hydrogen-bond acceptors (Lipinski definition) is 4. The molecule has 0 spiro atoms. The number of alkyl halides is 3. The zero-order chi connectivity index (χ0) is 19.6. The van der Waals surface area contributed by atoms with Crippen LogP contribution in [0.25, 0.3) is 0 Å². The zero-order valence-electron chi connectivity index (χ0n) is 14.8. The smallest absolute Gasteiger partial charge is 0.406 e. The van der Waals surface area contributed by atoms with Crippen LogP contribution in [0.4, 0.5) is 13.2 Å². The second-order valence-electron chi connectivity index (χ2n) is 6.59. The van der Waals surface area contributed by atoms with Crippen molar-refractivity contribution in [1.29, 1.82) is 0 Å². The van der Waals surface area contributed by atoms with Crippen molar-refractivity contribution in [2.75, 3.05) is 25.9 Å². The Kier molecular flexibility index (Phi) is 5.74. The van der Waals surface area contributed by atoms with E-state index in [-0.39, 0.29) is 11.5 Å². The van der Waals surface area contributed by atoms with Crippen molar-refractivity contribution in [2.24, 2.45) is 4.99 Å². The predicted molar refractivity (Wildman–Crippen MR) is 92.8 cm³/mol. The highest BCUT2D eigenvalue weighted by Gasteiger charge is 2.40. The molecule has 1 aromatic carbocycles. The molecule has 0 saturated carbocycles. The van der Waals surface area contributed by atoms with E-state index in [1.54, 1.807) is 20.9 Å². The lowest BCUT2D eigenvalue weighted by molar-refractivity contribution is -0.274. The highest BCUT2D eigenvalue weighted by Crippen LogP contribution is 2.24. The third-order valence-electron chi connectivity index (χ3n) is 4.16. The number of ether oxygens (including phenoxy) is 1. The molecule has 1 aliphatic rings. The molecule has 2 rings (SSSR count). The molecule has 1 N–H and O–H groups in total. The average molecular weight is 393 g/mol. The summed E-state index contributed by atoms with van der Waals surface area (Å²) in [7, 11) is -1.56. The molecule has 0 amide bonds. The van der Waals surface area contributed by atoms with Crippen LogP contribution in [-0.4, -0.2) is 56.3 Å². The first-order chi connectivity index (χ1) is 11.9. The van der Waals surface area contributed by atoms with Crippen molar-refractivity contribution in [3.05, 3.63) is 29.8 Å². The lowest BCUT2D eigenvalue weighted by atomic mass is 10.2. The summed E-state index contributed by atoms with van der Waals surface area (Å²) < 4.78 is 63.6. The molecule has 0 atom stereocenters. The number of aliphatic imine (C=N–C) groups is 1. The largest absolute Gasteiger partial charge is 0.573 e. The molecule has 0 aliphatic carbocycles. The first-order valence-corrected chi connectivity index (χ1v) is 9.61. The maximum Gasteiger partial charge on any atom is 0.573 e. The fourth-order valence-corrected chi connectivity index (χ4v) is 4.01. The monoisotopic (exact) mass is 393 g/mol. The van der Waals surface area contributed by atoms with Gasteiger partial charge in [0.1, 0.15) is 5.75 Å². The summed E-state index contributed by atoms with van der Waals surface area (Å²) in [5, 5.41) is 3.11. The second kappa shape index (κ2) is 7.34. The minimum atomic E-state index is -4.72. The minimum Gasteiger partial charge on any atom is -0.406 e. The predicted octanol–water partition coefficient (Wildman–Crippen LogP) is 2.17. The van der Waals surface area contributed by atoms with Crippen LogP contribution >= 0.6 is 0 Å². The topological polar surface area (TPSA) is 71.0 Å². The highest BCUT2D eigenvalue weighted by atomic mass is 32.2. The minimum absolute atomic E-state index is 0.0458. The first-order valence-electron chi connectivity index (χ1n) is 7.96. The van der Waals surface area contributed by atoms with Gasteiger partial charge in [-0.1, -0.05) is 12.1 Å². The lowest BCUT2D eigenvalue weighted by Crippen LogP contribution is -2.57. The number of nitrogens with one attached hydrogen (secondary N) is 1. The SMILES string of the molecule is CN=C(NCc1ccc(OC(F)(F)F)cc1)N1CCS(=O)(=O)C(C)(C)C1. The molecular formula is C16H22F3N3O3S. The second-order valence-corrected chi connectivity index (χ2v) is 9.34. The lowest BCUT2D eigenvalue weighted by Gasteiger charge is -2.39. The van der Waals surface area contributed by atoms with Gasteiger partial charge < -0.3 is 15.0 Å². The van der Waals surface area contributed by atoms with Gasteiger partial charge in [-0.15, -0.1) is 13.2 Å². The van der Waals surface area contributed by atoms with Crippen molar-refractivity contribution in [1.82, 2.24) is 10.2 Å². The van der Waals surface area contributed by atoms with Gasteiger partial charge in [0.15, 0.2) is 15.8 Å². The molecule has 1 fully saturated rings. The van der Waals surface area contributed by atoms with E-state index in [2.05, 4.69) is 15.0 Å². The molecule has 0 aromatic heterocycles. The number of halogens is 3. The summed E-state index contributed by atoms with van der Waals surface area (Å²) in [5.74, 6) is 0.307. The fraction of sp³-hybridized carbons (Fsp3) is 0.562. The van der Waals surface area contributed by atoms with Gasteiger partial charge >= 0.3 is 6.36 Å². The molecule has 0 bridgehead atoms. The first kappa shape index (κ1) is 20.3. The van der Waals surface area contributed by atoms with Crippen LogP contribution in [-0.2, 0) is 16.4 Å². The summed E-state index contributed by atoms with van der Waals surface area (Å²) in [4.78, 5) is 6.03. The Morgan fingerprint density at radius 2 is 1.92 bits per heavy atom. The van der Waals surface area contributed by atoms with Gasteiger partial charge in [-0.25, -0.2) is 8.42 Å². The van der Waals surface area contributed by atoms with Crippen molar-refractivity contribution in [2.45, 2.75) is 31.5 Å². The number of benzene rings is 1. The van der Waals surface area contributed by atoms with Gasteiger partial charge in [0.05, 0.1) is 10.5 Å². The zero-order valence-corrected chi connectivity index (χ0v) is 15.6. The normalized spacial score (nSPS) is 19.9. The van der Waals surface area contributed by atoms with Gasteiger partial charge in [-0.2, -0.15) is 0 Å². The number of hydrogen-bond donors (Lipinski definition) is 1. The molecule has 1 aliphatic heterocycles. The molecule has 0 unspecified atom stereocenters. The Balaban J connectivity index is 1.97. The standard InChI is InChI=1S/C16H22F3N3O3S/c1-15(2)11-22(8-9-26(15,23)24)14(20-3)21-10-12-4-6-13(7-5-12)25-16(17,18)19/h4-7H,8-11H2,1-3H3,(H,20,21). The van der Waals surface area contributed by atoms with Crippen molar-refractivity contribution >= 4 is 15.8 Å². The van der Waals surface area contributed by atoms with Gasteiger partial charge in [-0.05, 0) is 31.5 Å². The third kappa shape index (κ3) is 5.03. The summed E-state index contributed by atoms with van der Waals surface area (Å²) in [5.41, 5.74) is 0.740. The average Bonchev–Trinajstić information content (AvgIpc) is 2.51. The van der Waals surface area contributed by atoms with E-state index >= 15 is 0 Å². The molecule has 1 saturated heterocycles. The Hall–Kier alpha value is -1.97. The van der Waals surface area contributed by atoms with Crippen LogP contribution in [0.2, 0.25) is 0 Å². The van der Waals surface area contributed by atoms with Crippen LogP contribution in [0.3, 0.4) is 0 Å². The molecule has 0 radical (unpaired) electrons. The van der Waals surface area contributed by atoms with Gasteiger partial charge in [0.25, 0.3) is 0 Å². The summed E-state index contributed by atoms with van der Waals surface area (Å²) in [6.45, 7) is 4.35. The summed E-state index contributed by atoms with van der Waals surface area (Å²) >= 11 is 0. The molecule has 10 heteroatoms. The maximum atomic E-state index is 12.2. The summed E-state index contributed by atoms with van der Waals surface area (Å²) in [6, 6.07) is 5.52. The van der Waals surface area contributed by atoms with Crippen LogP contribution in [0, 0.1) is 0 Å². The van der Waals surface area contributed by atoms with Crippen LogP contribution in [0.15, 0.2) is 29.3 Å². The number of guanidine groups is 1. The van der Waals surface area contributed by atoms with E-state index in [1.165, 1.54) is 24.3 Å². The Bertz CT molecular complexity index is 759. The maximum absolute atomic E-state index is 12.2. The molecule has 146 valence electrons. The third-order valence-corrected chi connectivity index (χ3v) is 6.70. The van der Waals surface area contributed by atoms with Crippen molar-refractivity contribution in [3.63, 3.8) is 0 Å². The fourth-order valence-electron chi connectivity index (χ4n) is 2.65. The van der Waals surface area contributed by atoms with Gasteiger partial charge in [-0.3, -0.25) is 4.99 Å². The molecule has 6 nitrogen and oxygen atoms in total. The molecule has 1 heterocycles. The molecule has 26 heavy (non-hydrogen) atoms. The van der Waals surface area contributed by atoms with Gasteiger partial charge in [0, 0.05) is 26.7 Å². The summed E-state index contributed by atoms with van der Waals surface area (Å²) in [6.07, 6.45) is -4.72. The quantitative estimate of drug-likeness (QED) is 0.630. The van der Waals surface area contributed by atoms with E-state index in [4.69, 9.17) is 0 Å². The number of sulfone groups is 1. The van der Waals surface area contributed by atoms with Crippen LogP contribution in [0.1, 0.15) is 19.4 Å². The van der Waals surface area contributed by atoms with E-state index in [0.717, 1.165) is 5.56 Å². The van der Waals surface area contributed by atoms with E-state index in [1.807, 2.05) is 4.90 Å². The van der Waals surface area contributed by atoms with Crippen LogP contribution < -0.4 is 10.1 Å². The van der Waals surface area contributed by atoms with Gasteiger partial charge in [0.2, 0.25) is 0 Å².